The molecule has 2 aliphatic heterocycles. The quantitative estimate of drug-likeness (QED) is 0.226. The maximum absolute atomic E-state index is 12.7. The molecule has 42 heavy (non-hydrogen) atoms. The van der Waals surface area contributed by atoms with Crippen LogP contribution in [0, 0.1) is 0 Å². The minimum absolute atomic E-state index is 0.0583. The van der Waals surface area contributed by atoms with Crippen molar-refractivity contribution in [2.75, 3.05) is 51.5 Å². The van der Waals surface area contributed by atoms with Crippen molar-refractivity contribution in [3.05, 3.63) is 88.4 Å². The Morgan fingerprint density at radius 1 is 0.952 bits per heavy atom. The summed E-state index contributed by atoms with van der Waals surface area (Å²) in [4.78, 5) is 14.6. The molecule has 0 saturated carbocycles. The Bertz CT molecular complexity index is 1300. The SMILES string of the molecule is COCCCN1C(=O)CCc2ccc(COC3CNCCC3c3ccc(OCCCOc4ccccc4Cl)cc3)cc21. The average molecular weight is 593 g/mol. The number of carbonyl (C=O) groups excluding carboxylic acids is 1. The van der Waals surface area contributed by atoms with Gasteiger partial charge in [-0.15, -0.1) is 0 Å². The number of anilines is 1. The van der Waals surface area contributed by atoms with E-state index in [0.29, 0.717) is 56.1 Å². The van der Waals surface area contributed by atoms with Gasteiger partial charge >= 0.3 is 0 Å². The van der Waals surface area contributed by atoms with Crippen LogP contribution in [0.15, 0.2) is 66.7 Å². The molecule has 1 amide bonds. The van der Waals surface area contributed by atoms with Crippen LogP contribution in [0.3, 0.4) is 0 Å². The van der Waals surface area contributed by atoms with E-state index in [-0.39, 0.29) is 12.0 Å². The van der Waals surface area contributed by atoms with Gasteiger partial charge in [-0.25, -0.2) is 0 Å². The van der Waals surface area contributed by atoms with Crippen molar-refractivity contribution in [1.29, 1.82) is 0 Å². The average Bonchev–Trinajstić information content (AvgIpc) is 3.02. The Kier molecular flexibility index (Phi) is 11.1. The fourth-order valence-electron chi connectivity index (χ4n) is 5.68. The van der Waals surface area contributed by atoms with Gasteiger partial charge in [0.05, 0.1) is 30.9 Å². The minimum atomic E-state index is 0.0583. The summed E-state index contributed by atoms with van der Waals surface area (Å²) in [6.07, 6.45) is 4.01. The van der Waals surface area contributed by atoms with Gasteiger partial charge in [-0.05, 0) is 72.8 Å². The van der Waals surface area contributed by atoms with E-state index in [0.717, 1.165) is 55.8 Å². The van der Waals surface area contributed by atoms with Crippen molar-refractivity contribution in [1.82, 2.24) is 5.32 Å². The molecule has 5 rings (SSSR count). The van der Waals surface area contributed by atoms with E-state index in [1.807, 2.05) is 41.3 Å². The fourth-order valence-corrected chi connectivity index (χ4v) is 5.87. The van der Waals surface area contributed by atoms with Crippen LogP contribution in [0.2, 0.25) is 5.02 Å². The molecule has 1 N–H and O–H groups in total. The van der Waals surface area contributed by atoms with Gasteiger partial charge in [0.25, 0.3) is 0 Å². The number of rotatable bonds is 14. The molecule has 2 heterocycles. The van der Waals surface area contributed by atoms with Gasteiger partial charge in [0, 0.05) is 51.3 Å². The summed E-state index contributed by atoms with van der Waals surface area (Å²) in [5.74, 6) is 2.03. The van der Waals surface area contributed by atoms with Crippen LogP contribution >= 0.6 is 11.6 Å². The smallest absolute Gasteiger partial charge is 0.227 e. The number of methoxy groups -OCH3 is 1. The monoisotopic (exact) mass is 592 g/mol. The van der Waals surface area contributed by atoms with Crippen LogP contribution < -0.4 is 19.7 Å². The molecule has 2 atom stereocenters. The normalized spacial score (nSPS) is 18.5. The van der Waals surface area contributed by atoms with Crippen molar-refractivity contribution < 1.29 is 23.7 Å². The van der Waals surface area contributed by atoms with Crippen LogP contribution in [0.25, 0.3) is 0 Å². The lowest BCUT2D eigenvalue weighted by Crippen LogP contribution is -2.41. The standard InChI is InChI=1S/C34H41ClN2O5/c1-39-19-4-18-37-31-22-25(8-9-27(31)12-15-34(37)38)24-42-33-23-36-17-16-29(33)26-10-13-28(14-11-26)40-20-5-21-41-32-7-3-2-6-30(32)35/h2-3,6-11,13-14,22,29,33,36H,4-5,12,15-21,23-24H2,1H3. The van der Waals surface area contributed by atoms with Crippen molar-refractivity contribution in [3.63, 3.8) is 0 Å². The highest BCUT2D eigenvalue weighted by atomic mass is 35.5. The summed E-state index contributed by atoms with van der Waals surface area (Å²) in [5.41, 5.74) is 4.60. The lowest BCUT2D eigenvalue weighted by Gasteiger charge is -2.33. The molecule has 8 heteroatoms. The van der Waals surface area contributed by atoms with Crippen LogP contribution in [-0.2, 0) is 27.3 Å². The molecule has 1 fully saturated rings. The number of fused-ring (bicyclic) bond motifs is 1. The number of aryl methyl sites for hydroxylation is 1. The van der Waals surface area contributed by atoms with Gasteiger partial charge in [0.1, 0.15) is 11.5 Å². The molecule has 1 saturated heterocycles. The summed E-state index contributed by atoms with van der Waals surface area (Å²) in [7, 11) is 1.69. The first-order chi connectivity index (χ1) is 20.6. The van der Waals surface area contributed by atoms with Crippen LogP contribution in [0.5, 0.6) is 11.5 Å². The first-order valence-corrected chi connectivity index (χ1v) is 15.3. The Balaban J connectivity index is 1.13. The zero-order valence-corrected chi connectivity index (χ0v) is 25.1. The Morgan fingerprint density at radius 3 is 2.62 bits per heavy atom. The van der Waals surface area contributed by atoms with Gasteiger partial charge in [-0.3, -0.25) is 4.79 Å². The second kappa shape index (κ2) is 15.4. The number of hydrogen-bond acceptors (Lipinski definition) is 6. The third-order valence-electron chi connectivity index (χ3n) is 7.93. The zero-order chi connectivity index (χ0) is 29.1. The number of amides is 1. The summed E-state index contributed by atoms with van der Waals surface area (Å²) >= 11 is 6.14. The molecule has 0 aromatic heterocycles. The maximum Gasteiger partial charge on any atom is 0.227 e. The van der Waals surface area contributed by atoms with Gasteiger partial charge in [-0.2, -0.15) is 0 Å². The molecule has 224 valence electrons. The van der Waals surface area contributed by atoms with Crippen LogP contribution in [0.1, 0.15) is 48.3 Å². The molecular formula is C34H41ClN2O5. The van der Waals surface area contributed by atoms with Crippen molar-refractivity contribution in [2.24, 2.45) is 0 Å². The highest BCUT2D eigenvalue weighted by Crippen LogP contribution is 2.32. The van der Waals surface area contributed by atoms with E-state index in [9.17, 15) is 4.79 Å². The summed E-state index contributed by atoms with van der Waals surface area (Å²) < 4.78 is 23.4. The second-order valence-electron chi connectivity index (χ2n) is 10.9. The number of benzene rings is 3. The number of piperidine rings is 1. The molecule has 3 aromatic carbocycles. The number of ether oxygens (including phenoxy) is 4. The van der Waals surface area contributed by atoms with Gasteiger partial charge in [-0.1, -0.05) is 48.0 Å². The second-order valence-corrected chi connectivity index (χ2v) is 11.3. The Labute approximate surface area is 254 Å². The summed E-state index contributed by atoms with van der Waals surface area (Å²) in [5, 5.41) is 4.11. The van der Waals surface area contributed by atoms with Crippen LogP contribution in [0.4, 0.5) is 5.69 Å². The predicted octanol–water partition coefficient (Wildman–Crippen LogP) is 6.17. The number of hydrogen-bond donors (Lipinski definition) is 1. The van der Waals surface area contributed by atoms with E-state index >= 15 is 0 Å². The molecule has 0 bridgehead atoms. The van der Waals surface area contributed by atoms with E-state index in [1.54, 1.807) is 7.11 Å². The van der Waals surface area contributed by atoms with Crippen molar-refractivity contribution >= 4 is 23.2 Å². The summed E-state index contributed by atoms with van der Waals surface area (Å²) in [6.45, 7) is 4.71. The van der Waals surface area contributed by atoms with Gasteiger partial charge < -0.3 is 29.2 Å². The molecule has 3 aromatic rings. The first-order valence-electron chi connectivity index (χ1n) is 15.0. The highest BCUT2D eigenvalue weighted by molar-refractivity contribution is 6.32. The number of nitrogens with one attached hydrogen (secondary N) is 1. The molecule has 0 radical (unpaired) electrons. The Morgan fingerprint density at radius 2 is 1.79 bits per heavy atom. The summed E-state index contributed by atoms with van der Waals surface area (Å²) in [6, 6.07) is 22.3. The number of carbonyl (C=O) groups is 1. The molecular weight excluding hydrogens is 552 g/mol. The topological polar surface area (TPSA) is 69.3 Å². The molecule has 0 spiro atoms. The predicted molar refractivity (Wildman–Crippen MR) is 166 cm³/mol. The number of nitrogens with zero attached hydrogens (tertiary/aromatic N) is 1. The molecule has 2 unspecified atom stereocenters. The Hall–Kier alpha value is -3.10. The highest BCUT2D eigenvalue weighted by Gasteiger charge is 2.28. The molecule has 0 aliphatic carbocycles. The van der Waals surface area contributed by atoms with Crippen molar-refractivity contribution in [2.45, 2.75) is 50.7 Å². The maximum atomic E-state index is 12.7. The number of halogens is 1. The van der Waals surface area contributed by atoms with E-state index in [2.05, 4.69) is 35.6 Å². The molecule has 2 aliphatic rings. The third kappa shape index (κ3) is 8.04. The lowest BCUT2D eigenvalue weighted by molar-refractivity contribution is -0.118. The van der Waals surface area contributed by atoms with E-state index < -0.39 is 0 Å². The van der Waals surface area contributed by atoms with Crippen LogP contribution in [-0.4, -0.2) is 58.6 Å². The van der Waals surface area contributed by atoms with Gasteiger partial charge in [0.2, 0.25) is 5.91 Å². The van der Waals surface area contributed by atoms with E-state index in [4.69, 9.17) is 30.5 Å². The lowest BCUT2D eigenvalue weighted by atomic mass is 9.87. The minimum Gasteiger partial charge on any atom is -0.493 e. The fraction of sp³-hybridized carbons (Fsp3) is 0.441. The van der Waals surface area contributed by atoms with E-state index in [1.165, 1.54) is 11.1 Å². The zero-order valence-electron chi connectivity index (χ0n) is 24.4. The number of para-hydroxylation sites is 1. The van der Waals surface area contributed by atoms with Crippen molar-refractivity contribution in [3.8, 4) is 11.5 Å². The first kappa shape index (κ1) is 30.4. The van der Waals surface area contributed by atoms with Gasteiger partial charge in [0.15, 0.2) is 0 Å². The third-order valence-corrected chi connectivity index (χ3v) is 8.24. The largest absolute Gasteiger partial charge is 0.493 e. The molecule has 7 nitrogen and oxygen atoms in total.